The lowest BCUT2D eigenvalue weighted by Crippen LogP contribution is -2.12. The lowest BCUT2D eigenvalue weighted by atomic mass is 10.1. The molecule has 3 aromatic rings. The van der Waals surface area contributed by atoms with E-state index in [-0.39, 0.29) is 11.6 Å². The molecule has 0 aliphatic carbocycles. The van der Waals surface area contributed by atoms with Crippen molar-refractivity contribution in [3.05, 3.63) is 69.9 Å². The van der Waals surface area contributed by atoms with Crippen LogP contribution in [0.5, 0.6) is 17.2 Å². The van der Waals surface area contributed by atoms with Gasteiger partial charge in [-0.1, -0.05) is 0 Å². The smallest absolute Gasteiger partial charge is 0.269 e. The summed E-state index contributed by atoms with van der Waals surface area (Å²) in [6.45, 7) is 1.78. The Hall–Kier alpha value is -4.34. The quantitative estimate of drug-likeness (QED) is 0.323. The molecule has 0 saturated heterocycles. The lowest BCUT2D eigenvalue weighted by Gasteiger charge is -2.12. The number of benzene rings is 2. The highest BCUT2D eigenvalue weighted by Crippen LogP contribution is 2.38. The van der Waals surface area contributed by atoms with Crippen LogP contribution in [0.1, 0.15) is 11.3 Å². The summed E-state index contributed by atoms with van der Waals surface area (Å²) in [6.07, 6.45) is 2.97. The number of nitro groups is 1. The first-order chi connectivity index (χ1) is 15.4. The van der Waals surface area contributed by atoms with Gasteiger partial charge in [0.05, 0.1) is 37.6 Å². The van der Waals surface area contributed by atoms with Crippen molar-refractivity contribution < 1.29 is 23.9 Å². The summed E-state index contributed by atoms with van der Waals surface area (Å²) >= 11 is 0. The number of hydrogen-bond donors (Lipinski definition) is 1. The van der Waals surface area contributed by atoms with Crippen molar-refractivity contribution in [1.29, 1.82) is 0 Å². The SMILES string of the molecule is COc1cc(/C=C/C(=O)Nc2cc(C)nn2-c2ccc([N+](=O)[O-])cc2)cc(OC)c1OC. The second-order valence-corrected chi connectivity index (χ2v) is 6.64. The lowest BCUT2D eigenvalue weighted by molar-refractivity contribution is -0.384. The molecular weight excluding hydrogens is 416 g/mol. The van der Waals surface area contributed by atoms with Crippen LogP contribution in [-0.2, 0) is 4.79 Å². The van der Waals surface area contributed by atoms with Gasteiger partial charge in [0.15, 0.2) is 11.5 Å². The van der Waals surface area contributed by atoms with Crippen LogP contribution in [0.2, 0.25) is 0 Å². The first kappa shape index (κ1) is 22.3. The molecule has 10 nitrogen and oxygen atoms in total. The molecule has 0 fully saturated rings. The van der Waals surface area contributed by atoms with Crippen molar-refractivity contribution in [2.45, 2.75) is 6.92 Å². The molecule has 0 bridgehead atoms. The molecule has 0 atom stereocenters. The van der Waals surface area contributed by atoms with E-state index in [1.54, 1.807) is 43.3 Å². The van der Waals surface area contributed by atoms with Gasteiger partial charge in [0.25, 0.3) is 5.69 Å². The van der Waals surface area contributed by atoms with E-state index in [1.165, 1.54) is 44.2 Å². The van der Waals surface area contributed by atoms with Crippen molar-refractivity contribution in [3.8, 4) is 22.9 Å². The molecule has 3 rings (SSSR count). The molecule has 1 amide bonds. The highest BCUT2D eigenvalue weighted by Gasteiger charge is 2.14. The highest BCUT2D eigenvalue weighted by atomic mass is 16.6. The minimum Gasteiger partial charge on any atom is -0.493 e. The summed E-state index contributed by atoms with van der Waals surface area (Å²) < 4.78 is 17.4. The first-order valence-corrected chi connectivity index (χ1v) is 9.46. The fourth-order valence-corrected chi connectivity index (χ4v) is 3.04. The van der Waals surface area contributed by atoms with Crippen LogP contribution >= 0.6 is 0 Å². The molecular formula is C22H22N4O6. The fourth-order valence-electron chi connectivity index (χ4n) is 3.04. The van der Waals surface area contributed by atoms with Crippen molar-refractivity contribution >= 4 is 23.5 Å². The van der Waals surface area contributed by atoms with Gasteiger partial charge in [-0.25, -0.2) is 4.68 Å². The maximum atomic E-state index is 12.5. The first-order valence-electron chi connectivity index (χ1n) is 9.46. The van der Waals surface area contributed by atoms with Crippen molar-refractivity contribution in [2.75, 3.05) is 26.6 Å². The number of rotatable bonds is 8. The summed E-state index contributed by atoms with van der Waals surface area (Å²) in [5.41, 5.74) is 1.89. The molecule has 0 unspecified atom stereocenters. The number of carbonyl (C=O) groups is 1. The van der Waals surface area contributed by atoms with Gasteiger partial charge < -0.3 is 19.5 Å². The number of amides is 1. The molecule has 2 aromatic carbocycles. The van der Waals surface area contributed by atoms with Gasteiger partial charge in [-0.15, -0.1) is 0 Å². The number of nitrogens with zero attached hydrogens (tertiary/aromatic N) is 3. The molecule has 0 radical (unpaired) electrons. The number of ether oxygens (including phenoxy) is 3. The Balaban J connectivity index is 1.81. The van der Waals surface area contributed by atoms with Crippen molar-refractivity contribution in [3.63, 3.8) is 0 Å². The Morgan fingerprint density at radius 1 is 1.06 bits per heavy atom. The van der Waals surface area contributed by atoms with Gasteiger partial charge in [-0.05, 0) is 42.8 Å². The third-order valence-electron chi connectivity index (χ3n) is 4.50. The number of hydrogen-bond acceptors (Lipinski definition) is 7. The van der Waals surface area contributed by atoms with E-state index in [4.69, 9.17) is 14.2 Å². The van der Waals surface area contributed by atoms with Gasteiger partial charge >= 0.3 is 0 Å². The molecule has 1 aromatic heterocycles. The predicted molar refractivity (Wildman–Crippen MR) is 119 cm³/mol. The average molecular weight is 438 g/mol. The number of aryl methyl sites for hydroxylation is 1. The zero-order chi connectivity index (χ0) is 23.3. The van der Waals surface area contributed by atoms with E-state index in [0.29, 0.717) is 40.0 Å². The minimum atomic E-state index is -0.477. The molecule has 10 heteroatoms. The number of nitro benzene ring substituents is 1. The monoisotopic (exact) mass is 438 g/mol. The number of aromatic nitrogens is 2. The summed E-state index contributed by atoms with van der Waals surface area (Å²) in [5.74, 6) is 1.44. The number of non-ortho nitro benzene ring substituents is 1. The number of methoxy groups -OCH3 is 3. The van der Waals surface area contributed by atoms with E-state index < -0.39 is 4.92 Å². The number of carbonyl (C=O) groups excluding carboxylic acids is 1. The Labute approximate surface area is 184 Å². The van der Waals surface area contributed by atoms with E-state index in [9.17, 15) is 14.9 Å². The third kappa shape index (κ3) is 4.86. The van der Waals surface area contributed by atoms with Gasteiger partial charge in [0.2, 0.25) is 11.7 Å². The Kier molecular flexibility index (Phi) is 6.74. The number of nitrogens with one attached hydrogen (secondary N) is 1. The van der Waals surface area contributed by atoms with Gasteiger partial charge in [-0.3, -0.25) is 14.9 Å². The van der Waals surface area contributed by atoms with Crippen LogP contribution in [0, 0.1) is 17.0 Å². The Morgan fingerprint density at radius 2 is 1.69 bits per heavy atom. The second-order valence-electron chi connectivity index (χ2n) is 6.64. The molecule has 166 valence electrons. The Morgan fingerprint density at radius 3 is 2.22 bits per heavy atom. The van der Waals surface area contributed by atoms with Crippen LogP contribution in [0.4, 0.5) is 11.5 Å². The summed E-state index contributed by atoms with van der Waals surface area (Å²) in [5, 5.41) is 18.0. The van der Waals surface area contributed by atoms with Crippen molar-refractivity contribution in [2.24, 2.45) is 0 Å². The molecule has 32 heavy (non-hydrogen) atoms. The van der Waals surface area contributed by atoms with Crippen LogP contribution in [-0.4, -0.2) is 41.9 Å². The van der Waals surface area contributed by atoms with Crippen LogP contribution in [0.3, 0.4) is 0 Å². The van der Waals surface area contributed by atoms with E-state index in [1.807, 2.05) is 0 Å². The fraction of sp³-hybridized carbons (Fsp3) is 0.182. The van der Waals surface area contributed by atoms with Crippen LogP contribution < -0.4 is 19.5 Å². The van der Waals surface area contributed by atoms with Gasteiger partial charge in [0, 0.05) is 24.3 Å². The minimum absolute atomic E-state index is 0.0310. The standard InChI is InChI=1S/C22H22N4O6/c1-14-11-20(25(24-14)16-6-8-17(9-7-16)26(28)29)23-21(27)10-5-15-12-18(30-2)22(32-4)19(13-15)31-3/h5-13H,1-4H3,(H,23,27)/b10-5+. The topological polar surface area (TPSA) is 118 Å². The van der Waals surface area contributed by atoms with Gasteiger partial charge in [-0.2, -0.15) is 5.10 Å². The maximum Gasteiger partial charge on any atom is 0.269 e. The zero-order valence-corrected chi connectivity index (χ0v) is 18.0. The van der Waals surface area contributed by atoms with Crippen LogP contribution in [0.25, 0.3) is 11.8 Å². The summed E-state index contributed by atoms with van der Waals surface area (Å²) in [4.78, 5) is 22.9. The largest absolute Gasteiger partial charge is 0.493 e. The predicted octanol–water partition coefficient (Wildman–Crippen LogP) is 3.77. The molecule has 0 saturated carbocycles. The number of anilines is 1. The molecule has 0 aliphatic heterocycles. The van der Waals surface area contributed by atoms with Crippen LogP contribution in [0.15, 0.2) is 48.5 Å². The summed E-state index contributed by atoms with van der Waals surface area (Å²) in [6, 6.07) is 11.0. The molecule has 1 N–H and O–H groups in total. The van der Waals surface area contributed by atoms with E-state index >= 15 is 0 Å². The third-order valence-corrected chi connectivity index (χ3v) is 4.50. The summed E-state index contributed by atoms with van der Waals surface area (Å²) in [7, 11) is 4.54. The van der Waals surface area contributed by atoms with E-state index in [0.717, 1.165) is 0 Å². The van der Waals surface area contributed by atoms with Gasteiger partial charge in [0.1, 0.15) is 5.82 Å². The maximum absolute atomic E-state index is 12.5. The molecule has 0 spiro atoms. The average Bonchev–Trinajstić information content (AvgIpc) is 3.16. The second kappa shape index (κ2) is 9.65. The normalized spacial score (nSPS) is 10.8. The zero-order valence-electron chi connectivity index (χ0n) is 18.0. The highest BCUT2D eigenvalue weighted by molar-refractivity contribution is 6.01. The van der Waals surface area contributed by atoms with Crippen molar-refractivity contribution in [1.82, 2.24) is 9.78 Å². The molecule has 0 aliphatic rings. The molecule has 1 heterocycles. The Bertz CT molecular complexity index is 1140. The van der Waals surface area contributed by atoms with E-state index in [2.05, 4.69) is 10.4 Å².